The topological polar surface area (TPSA) is 52.6 Å². The molecular weight excluding hydrogens is 216 g/mol. The fourth-order valence-electron chi connectivity index (χ4n) is 2.37. The number of aliphatic hydroxyl groups excluding tert-OH is 1. The monoisotopic (exact) mass is 242 g/mol. The second-order valence-electron chi connectivity index (χ2n) is 5.09. The molecule has 1 rings (SSSR count). The number of hydrogen-bond acceptors (Lipinski definition) is 3. The molecule has 4 nitrogen and oxygen atoms in total. The van der Waals surface area contributed by atoms with Crippen LogP contribution >= 0.6 is 0 Å². The molecule has 4 heteroatoms. The summed E-state index contributed by atoms with van der Waals surface area (Å²) in [6.07, 6.45) is 5.23. The highest BCUT2D eigenvalue weighted by Crippen LogP contribution is 2.21. The molecule has 1 atom stereocenters. The average Bonchev–Trinajstić information content (AvgIpc) is 2.34. The fourth-order valence-corrected chi connectivity index (χ4v) is 2.37. The minimum Gasteiger partial charge on any atom is -0.395 e. The first kappa shape index (κ1) is 14.5. The summed E-state index contributed by atoms with van der Waals surface area (Å²) in [7, 11) is 0. The van der Waals surface area contributed by atoms with Crippen LogP contribution in [0.15, 0.2) is 0 Å². The van der Waals surface area contributed by atoms with E-state index < -0.39 is 5.54 Å². The van der Waals surface area contributed by atoms with Crippen LogP contribution in [0.3, 0.4) is 0 Å². The van der Waals surface area contributed by atoms with Crippen LogP contribution in [0.5, 0.6) is 0 Å². The fraction of sp³-hybridized carbons (Fsp3) is 0.923. The number of nitrogens with one attached hydrogen (secondary N) is 1. The molecule has 0 radical (unpaired) electrons. The highest BCUT2D eigenvalue weighted by molar-refractivity contribution is 5.86. The molecule has 100 valence electrons. The number of carbonyl (C=O) groups is 1. The average molecular weight is 242 g/mol. The molecule has 0 aromatic carbocycles. The summed E-state index contributed by atoms with van der Waals surface area (Å²) >= 11 is 0. The maximum Gasteiger partial charge on any atom is 0.242 e. The van der Waals surface area contributed by atoms with E-state index >= 15 is 0 Å². The van der Waals surface area contributed by atoms with Gasteiger partial charge in [0.05, 0.1) is 12.1 Å². The molecule has 0 aliphatic carbocycles. The molecule has 1 saturated heterocycles. The van der Waals surface area contributed by atoms with Gasteiger partial charge in [-0.2, -0.15) is 0 Å². The smallest absolute Gasteiger partial charge is 0.242 e. The third-order valence-electron chi connectivity index (χ3n) is 3.53. The molecule has 0 aromatic heterocycles. The van der Waals surface area contributed by atoms with Crippen LogP contribution in [0, 0.1) is 0 Å². The van der Waals surface area contributed by atoms with Crippen molar-refractivity contribution >= 4 is 5.91 Å². The van der Waals surface area contributed by atoms with Crippen LogP contribution in [-0.4, -0.2) is 47.7 Å². The lowest BCUT2D eigenvalue weighted by Crippen LogP contribution is -2.58. The Balaban J connectivity index is 2.61. The molecule has 0 aromatic rings. The maximum atomic E-state index is 12.5. The lowest BCUT2D eigenvalue weighted by molar-refractivity contribution is -0.139. The number of hydrogen-bond donors (Lipinski definition) is 2. The molecule has 0 saturated carbocycles. The van der Waals surface area contributed by atoms with Crippen molar-refractivity contribution in [1.82, 2.24) is 10.2 Å². The molecule has 1 amide bonds. The second-order valence-corrected chi connectivity index (χ2v) is 5.09. The number of unbranched alkanes of at least 4 members (excludes halogenated alkanes) is 1. The number of aliphatic hydroxyl groups is 1. The number of nitrogens with zero attached hydrogens (tertiary/aromatic N) is 1. The first-order valence-electron chi connectivity index (χ1n) is 6.79. The van der Waals surface area contributed by atoms with Gasteiger partial charge in [0, 0.05) is 13.1 Å². The quantitative estimate of drug-likeness (QED) is 0.734. The zero-order valence-electron chi connectivity index (χ0n) is 11.2. The van der Waals surface area contributed by atoms with E-state index in [1.165, 1.54) is 0 Å². The van der Waals surface area contributed by atoms with Gasteiger partial charge in [0.15, 0.2) is 0 Å². The van der Waals surface area contributed by atoms with E-state index in [0.29, 0.717) is 6.54 Å². The van der Waals surface area contributed by atoms with Gasteiger partial charge in [0.25, 0.3) is 0 Å². The summed E-state index contributed by atoms with van der Waals surface area (Å²) in [6.45, 7) is 6.28. The number of piperidine rings is 1. The minimum absolute atomic E-state index is 0.0472. The molecule has 17 heavy (non-hydrogen) atoms. The van der Waals surface area contributed by atoms with E-state index in [2.05, 4.69) is 12.2 Å². The van der Waals surface area contributed by atoms with Crippen molar-refractivity contribution in [2.24, 2.45) is 0 Å². The van der Waals surface area contributed by atoms with Crippen LogP contribution < -0.4 is 5.32 Å². The Bertz CT molecular complexity index is 238. The highest BCUT2D eigenvalue weighted by atomic mass is 16.3. The molecule has 2 N–H and O–H groups in total. The number of rotatable bonds is 6. The summed E-state index contributed by atoms with van der Waals surface area (Å²) in [4.78, 5) is 14.3. The Kier molecular flexibility index (Phi) is 5.92. The number of amides is 1. The third kappa shape index (κ3) is 3.96. The first-order chi connectivity index (χ1) is 8.14. The van der Waals surface area contributed by atoms with Gasteiger partial charge >= 0.3 is 0 Å². The molecule has 1 unspecified atom stereocenters. The van der Waals surface area contributed by atoms with Crippen molar-refractivity contribution in [3.63, 3.8) is 0 Å². The largest absolute Gasteiger partial charge is 0.395 e. The van der Waals surface area contributed by atoms with E-state index in [4.69, 9.17) is 5.11 Å². The van der Waals surface area contributed by atoms with Gasteiger partial charge in [0.1, 0.15) is 0 Å². The van der Waals surface area contributed by atoms with Crippen molar-refractivity contribution in [2.75, 3.05) is 26.2 Å². The van der Waals surface area contributed by atoms with E-state index in [9.17, 15) is 4.79 Å². The van der Waals surface area contributed by atoms with Gasteiger partial charge in [-0.1, -0.05) is 13.3 Å². The molecule has 1 aliphatic heterocycles. The molecule has 0 bridgehead atoms. The maximum absolute atomic E-state index is 12.5. The summed E-state index contributed by atoms with van der Waals surface area (Å²) < 4.78 is 0. The summed E-state index contributed by atoms with van der Waals surface area (Å²) in [5.74, 6) is 0.153. The van der Waals surface area contributed by atoms with Crippen molar-refractivity contribution < 1.29 is 9.90 Å². The SMILES string of the molecule is CCCCN(CCO)C(=O)C1(C)CCCCN1. The third-order valence-corrected chi connectivity index (χ3v) is 3.53. The van der Waals surface area contributed by atoms with E-state index in [1.807, 2.05) is 11.8 Å². The van der Waals surface area contributed by atoms with Crippen molar-refractivity contribution in [1.29, 1.82) is 0 Å². The van der Waals surface area contributed by atoms with Gasteiger partial charge < -0.3 is 15.3 Å². The van der Waals surface area contributed by atoms with E-state index in [1.54, 1.807) is 0 Å². The van der Waals surface area contributed by atoms with Crippen molar-refractivity contribution in [2.45, 2.75) is 51.5 Å². The lowest BCUT2D eigenvalue weighted by atomic mass is 9.89. The van der Waals surface area contributed by atoms with Crippen LogP contribution in [0.4, 0.5) is 0 Å². The second kappa shape index (κ2) is 6.97. The Morgan fingerprint density at radius 2 is 2.18 bits per heavy atom. The minimum atomic E-state index is -0.416. The zero-order chi connectivity index (χ0) is 12.7. The van der Waals surface area contributed by atoms with Gasteiger partial charge in [-0.3, -0.25) is 4.79 Å². The first-order valence-corrected chi connectivity index (χ1v) is 6.79. The molecular formula is C13H26N2O2. The van der Waals surface area contributed by atoms with Crippen LogP contribution in [0.2, 0.25) is 0 Å². The van der Waals surface area contributed by atoms with Crippen LogP contribution in [0.1, 0.15) is 46.0 Å². The molecule has 0 spiro atoms. The van der Waals surface area contributed by atoms with E-state index in [-0.39, 0.29) is 12.5 Å². The summed E-state index contributed by atoms with van der Waals surface area (Å²) in [5, 5.41) is 12.4. The van der Waals surface area contributed by atoms with Gasteiger partial charge in [-0.25, -0.2) is 0 Å². The number of carbonyl (C=O) groups excluding carboxylic acids is 1. The Hall–Kier alpha value is -0.610. The molecule has 1 fully saturated rings. The van der Waals surface area contributed by atoms with E-state index in [0.717, 1.165) is 45.2 Å². The summed E-state index contributed by atoms with van der Waals surface area (Å²) in [6, 6.07) is 0. The Labute approximate surface area is 104 Å². The van der Waals surface area contributed by atoms with Crippen molar-refractivity contribution in [3.05, 3.63) is 0 Å². The standard InChI is InChI=1S/C13H26N2O2/c1-3-4-9-15(10-11-16)12(17)13(2)7-5-6-8-14-13/h14,16H,3-11H2,1-2H3. The Morgan fingerprint density at radius 3 is 2.71 bits per heavy atom. The lowest BCUT2D eigenvalue weighted by Gasteiger charge is -2.38. The van der Waals surface area contributed by atoms with Gasteiger partial charge in [-0.15, -0.1) is 0 Å². The van der Waals surface area contributed by atoms with Crippen LogP contribution in [0.25, 0.3) is 0 Å². The predicted octanol–water partition coefficient (Wildman–Crippen LogP) is 1.14. The predicted molar refractivity (Wildman–Crippen MR) is 68.8 cm³/mol. The highest BCUT2D eigenvalue weighted by Gasteiger charge is 2.36. The Morgan fingerprint density at radius 1 is 1.41 bits per heavy atom. The molecule has 1 aliphatic rings. The zero-order valence-corrected chi connectivity index (χ0v) is 11.2. The van der Waals surface area contributed by atoms with Gasteiger partial charge in [-0.05, 0) is 39.2 Å². The molecule has 1 heterocycles. The summed E-state index contributed by atoms with van der Waals surface area (Å²) in [5.41, 5.74) is -0.416. The van der Waals surface area contributed by atoms with Gasteiger partial charge in [0.2, 0.25) is 5.91 Å². The van der Waals surface area contributed by atoms with Crippen molar-refractivity contribution in [3.8, 4) is 0 Å². The normalized spacial score (nSPS) is 24.6. The van der Waals surface area contributed by atoms with Crippen LogP contribution in [-0.2, 0) is 4.79 Å².